The van der Waals surface area contributed by atoms with Crippen LogP contribution in [0.5, 0.6) is 0 Å². The lowest BCUT2D eigenvalue weighted by molar-refractivity contribution is -0.654. The average molecular weight is 224 g/mol. The first kappa shape index (κ1) is 10.1. The maximum Gasteiger partial charge on any atom is 0.0955 e. The van der Waals surface area contributed by atoms with Crippen molar-refractivity contribution in [3.63, 3.8) is 0 Å². The summed E-state index contributed by atoms with van der Waals surface area (Å²) in [5.41, 5.74) is 4.30. The molecular weight excluding hydrogens is 210 g/mol. The molecular formula is C15H14NO-. The van der Waals surface area contributed by atoms with Crippen molar-refractivity contribution in [2.45, 2.75) is 13.8 Å². The van der Waals surface area contributed by atoms with Crippen LogP contribution >= 0.6 is 0 Å². The van der Waals surface area contributed by atoms with Gasteiger partial charge in [0.05, 0.1) is 17.9 Å². The number of aliphatic hydroxyl groups excluding tert-OH is 1. The molecule has 1 N–H and O–H groups in total. The van der Waals surface area contributed by atoms with Crippen molar-refractivity contribution < 1.29 is 9.67 Å². The highest BCUT2D eigenvalue weighted by molar-refractivity contribution is 5.85. The number of aromatic nitrogens is 1. The molecule has 2 heterocycles. The Balaban J connectivity index is 2.35. The minimum absolute atomic E-state index is 0.342. The van der Waals surface area contributed by atoms with Crippen LogP contribution in [0.2, 0.25) is 0 Å². The molecule has 0 radical (unpaired) electrons. The van der Waals surface area contributed by atoms with Crippen molar-refractivity contribution in [2.24, 2.45) is 0 Å². The Labute approximate surface area is 101 Å². The van der Waals surface area contributed by atoms with E-state index in [9.17, 15) is 5.11 Å². The zero-order chi connectivity index (χ0) is 12.0. The third-order valence-electron chi connectivity index (χ3n) is 3.47. The minimum Gasteiger partial charge on any atom is -0.528 e. The van der Waals surface area contributed by atoms with Gasteiger partial charge in [0.25, 0.3) is 0 Å². The molecule has 1 aromatic heterocycles. The predicted molar refractivity (Wildman–Crippen MR) is 66.6 cm³/mol. The molecule has 1 aromatic rings. The zero-order valence-electron chi connectivity index (χ0n) is 9.94. The number of fused-ring (bicyclic) bond motifs is 3. The summed E-state index contributed by atoms with van der Waals surface area (Å²) in [6.45, 7) is 4.20. The van der Waals surface area contributed by atoms with E-state index in [1.165, 1.54) is 11.6 Å². The summed E-state index contributed by atoms with van der Waals surface area (Å²) in [5, 5.41) is 10.1. The van der Waals surface area contributed by atoms with E-state index < -0.39 is 0 Å². The second kappa shape index (κ2) is 3.45. The highest BCUT2D eigenvalue weighted by atomic mass is 16.3. The first-order valence-electron chi connectivity index (χ1n) is 5.71. The summed E-state index contributed by atoms with van der Waals surface area (Å²) in [4.78, 5) is 0. The highest BCUT2D eigenvalue weighted by Gasteiger charge is 2.21. The van der Waals surface area contributed by atoms with Gasteiger partial charge in [-0.15, -0.1) is 11.6 Å². The van der Waals surface area contributed by atoms with Gasteiger partial charge in [-0.2, -0.15) is 12.5 Å². The van der Waals surface area contributed by atoms with E-state index in [4.69, 9.17) is 0 Å². The van der Waals surface area contributed by atoms with Gasteiger partial charge in [0.15, 0.2) is 0 Å². The first-order valence-corrected chi connectivity index (χ1v) is 5.71. The summed E-state index contributed by atoms with van der Waals surface area (Å²) in [5.74, 6) is 0.342. The molecule has 0 bridgehead atoms. The van der Waals surface area contributed by atoms with E-state index in [0.29, 0.717) is 5.76 Å². The third kappa shape index (κ3) is 1.30. The van der Waals surface area contributed by atoms with Crippen LogP contribution in [0, 0.1) is 12.5 Å². The molecule has 17 heavy (non-hydrogen) atoms. The van der Waals surface area contributed by atoms with E-state index in [2.05, 4.69) is 24.8 Å². The zero-order valence-corrected chi connectivity index (χ0v) is 9.94. The second-order valence-electron chi connectivity index (χ2n) is 4.37. The fourth-order valence-corrected chi connectivity index (χ4v) is 2.44. The van der Waals surface area contributed by atoms with Crippen LogP contribution in [0.1, 0.15) is 19.5 Å². The maximum absolute atomic E-state index is 10.1. The fourth-order valence-electron chi connectivity index (χ4n) is 2.44. The molecule has 2 aliphatic rings. The van der Waals surface area contributed by atoms with Crippen molar-refractivity contribution in [1.29, 1.82) is 0 Å². The Morgan fingerprint density at radius 1 is 1.35 bits per heavy atom. The van der Waals surface area contributed by atoms with Gasteiger partial charge < -0.3 is 9.67 Å². The number of nitrogens with zero attached hydrogens (tertiary/aromatic N) is 1. The summed E-state index contributed by atoms with van der Waals surface area (Å²) in [6.07, 6.45) is 7.72. The van der Waals surface area contributed by atoms with E-state index in [0.717, 1.165) is 16.8 Å². The Kier molecular flexibility index (Phi) is 2.05. The van der Waals surface area contributed by atoms with Gasteiger partial charge in [0.2, 0.25) is 0 Å². The topological polar surface area (TPSA) is 24.1 Å². The third-order valence-corrected chi connectivity index (χ3v) is 3.47. The molecule has 1 aliphatic heterocycles. The van der Waals surface area contributed by atoms with Gasteiger partial charge in [-0.05, 0) is 19.1 Å². The van der Waals surface area contributed by atoms with Crippen LogP contribution < -0.4 is 4.57 Å². The van der Waals surface area contributed by atoms with E-state index in [1.807, 2.05) is 30.5 Å². The molecule has 0 saturated carbocycles. The Morgan fingerprint density at radius 2 is 2.18 bits per heavy atom. The summed E-state index contributed by atoms with van der Waals surface area (Å²) < 4.78 is 2.12. The molecule has 0 aromatic carbocycles. The molecule has 0 atom stereocenters. The maximum atomic E-state index is 10.1. The lowest BCUT2D eigenvalue weighted by atomic mass is 9.84. The van der Waals surface area contributed by atoms with Gasteiger partial charge in [-0.1, -0.05) is 18.6 Å². The molecule has 2 heteroatoms. The molecule has 3 rings (SSSR count). The molecule has 0 saturated heterocycles. The van der Waals surface area contributed by atoms with Crippen LogP contribution in [0.25, 0.3) is 5.57 Å². The second-order valence-corrected chi connectivity index (χ2v) is 4.37. The summed E-state index contributed by atoms with van der Waals surface area (Å²) >= 11 is 0. The van der Waals surface area contributed by atoms with Crippen molar-refractivity contribution in [2.75, 3.05) is 0 Å². The summed E-state index contributed by atoms with van der Waals surface area (Å²) in [7, 11) is 0. The van der Waals surface area contributed by atoms with Crippen molar-refractivity contribution in [3.8, 4) is 0 Å². The van der Waals surface area contributed by atoms with Crippen LogP contribution in [-0.2, 0) is 0 Å². The number of hydrogen-bond donors (Lipinski definition) is 1. The molecule has 0 unspecified atom stereocenters. The normalized spacial score (nSPS) is 17.9. The van der Waals surface area contributed by atoms with Crippen molar-refractivity contribution in [3.05, 3.63) is 71.6 Å². The molecule has 1 aliphatic carbocycles. The number of hydrogen-bond acceptors (Lipinski definition) is 1. The minimum atomic E-state index is 0.342. The molecule has 0 fully saturated rings. The lowest BCUT2D eigenvalue weighted by Gasteiger charge is -2.38. The smallest absolute Gasteiger partial charge is 0.0955 e. The lowest BCUT2D eigenvalue weighted by Crippen LogP contribution is -2.45. The molecule has 0 amide bonds. The quantitative estimate of drug-likeness (QED) is 0.531. The van der Waals surface area contributed by atoms with Gasteiger partial charge in [-0.3, -0.25) is 0 Å². The average Bonchev–Trinajstić information content (AvgIpc) is 2.36. The highest BCUT2D eigenvalue weighted by Crippen LogP contribution is 2.37. The molecule has 0 spiro atoms. The monoisotopic (exact) mass is 224 g/mol. The number of pyridine rings is 1. The van der Waals surface area contributed by atoms with E-state index in [1.54, 1.807) is 6.08 Å². The molecule has 86 valence electrons. The van der Waals surface area contributed by atoms with Gasteiger partial charge in [0.1, 0.15) is 0 Å². The SMILES string of the molecule is CC1=C2[CH-]C=CC(O)=C2c2cccc[n+]2[C-]1C. The Hall–Kier alpha value is -2.09. The number of rotatable bonds is 0. The van der Waals surface area contributed by atoms with Crippen LogP contribution in [0.15, 0.2) is 53.5 Å². The van der Waals surface area contributed by atoms with Crippen LogP contribution in [-0.4, -0.2) is 5.11 Å². The van der Waals surface area contributed by atoms with Gasteiger partial charge in [0, 0.05) is 5.76 Å². The molecule has 2 nitrogen and oxygen atoms in total. The van der Waals surface area contributed by atoms with E-state index in [-0.39, 0.29) is 0 Å². The first-order chi connectivity index (χ1) is 8.20. The predicted octanol–water partition coefficient (Wildman–Crippen LogP) is 2.75. The Bertz CT molecular complexity index is 578. The standard InChI is InChI=1S/C15H14NO/c1-10-11(2)16-9-4-3-7-13(16)15-12(10)6-5-8-14(15)17/h3-9,17H,1-2H3/q-1. The van der Waals surface area contributed by atoms with Gasteiger partial charge in [-0.25, -0.2) is 5.57 Å². The van der Waals surface area contributed by atoms with Crippen LogP contribution in [0.3, 0.4) is 0 Å². The van der Waals surface area contributed by atoms with E-state index >= 15 is 0 Å². The number of aliphatic hydroxyl groups is 1. The van der Waals surface area contributed by atoms with Crippen LogP contribution in [0.4, 0.5) is 0 Å². The van der Waals surface area contributed by atoms with Crippen molar-refractivity contribution >= 4 is 5.57 Å². The fraction of sp³-hybridized carbons (Fsp3) is 0.133. The van der Waals surface area contributed by atoms with Gasteiger partial charge >= 0.3 is 0 Å². The number of allylic oxidation sites excluding steroid dienone is 5. The largest absolute Gasteiger partial charge is 0.528 e. The summed E-state index contributed by atoms with van der Waals surface area (Å²) in [6, 6.07) is 7.24. The van der Waals surface area contributed by atoms with Crippen molar-refractivity contribution in [1.82, 2.24) is 0 Å². The Morgan fingerprint density at radius 3 is 3.00 bits per heavy atom.